The summed E-state index contributed by atoms with van der Waals surface area (Å²) in [6.07, 6.45) is 0. The minimum absolute atomic E-state index is 0.188. The van der Waals surface area contributed by atoms with Crippen LogP contribution in [0.4, 0.5) is 10.1 Å². The Bertz CT molecular complexity index is 531. The Hall–Kier alpha value is -1.74. The van der Waals surface area contributed by atoms with Crippen LogP contribution in [0.2, 0.25) is 5.02 Å². The predicted molar refractivity (Wildman–Crippen MR) is 66.6 cm³/mol. The predicted octanol–water partition coefficient (Wildman–Crippen LogP) is 3.64. The first-order valence-electron chi connectivity index (χ1n) is 5.08. The number of halogens is 2. The molecule has 2 rings (SSSR count). The van der Waals surface area contributed by atoms with Crippen molar-refractivity contribution in [2.75, 3.05) is 5.73 Å². The lowest BCUT2D eigenvalue weighted by atomic mass is 10.2. The summed E-state index contributed by atoms with van der Waals surface area (Å²) in [4.78, 5) is 0. The van der Waals surface area contributed by atoms with E-state index in [2.05, 4.69) is 0 Å². The Balaban J connectivity index is 2.12. The van der Waals surface area contributed by atoms with Crippen molar-refractivity contribution in [3.8, 4) is 5.75 Å². The zero-order valence-electron chi connectivity index (χ0n) is 8.99. The first-order valence-corrected chi connectivity index (χ1v) is 5.46. The molecule has 0 aromatic heterocycles. The van der Waals surface area contributed by atoms with Gasteiger partial charge in [0.1, 0.15) is 6.61 Å². The molecular formula is C13H11ClFNO. The Morgan fingerprint density at radius 2 is 1.94 bits per heavy atom. The largest absolute Gasteiger partial charge is 0.486 e. The highest BCUT2D eigenvalue weighted by atomic mass is 35.5. The van der Waals surface area contributed by atoms with Gasteiger partial charge in [-0.3, -0.25) is 0 Å². The van der Waals surface area contributed by atoms with E-state index in [9.17, 15) is 4.39 Å². The van der Waals surface area contributed by atoms with Crippen LogP contribution in [-0.4, -0.2) is 0 Å². The molecule has 0 aliphatic rings. The van der Waals surface area contributed by atoms with Crippen molar-refractivity contribution in [3.05, 3.63) is 58.9 Å². The van der Waals surface area contributed by atoms with Gasteiger partial charge in [0.15, 0.2) is 11.6 Å². The van der Waals surface area contributed by atoms with E-state index in [4.69, 9.17) is 22.1 Å². The maximum absolute atomic E-state index is 13.3. The van der Waals surface area contributed by atoms with Crippen molar-refractivity contribution < 1.29 is 9.13 Å². The summed E-state index contributed by atoms with van der Waals surface area (Å²) < 4.78 is 18.6. The van der Waals surface area contributed by atoms with E-state index >= 15 is 0 Å². The maximum atomic E-state index is 13.3. The summed E-state index contributed by atoms with van der Waals surface area (Å²) in [5.41, 5.74) is 7.07. The molecule has 2 N–H and O–H groups in total. The van der Waals surface area contributed by atoms with Crippen molar-refractivity contribution in [1.29, 1.82) is 0 Å². The van der Waals surface area contributed by atoms with Gasteiger partial charge in [-0.1, -0.05) is 23.7 Å². The van der Waals surface area contributed by atoms with Gasteiger partial charge in [0.25, 0.3) is 0 Å². The van der Waals surface area contributed by atoms with E-state index in [-0.39, 0.29) is 12.4 Å². The lowest BCUT2D eigenvalue weighted by Gasteiger charge is -2.09. The third-order valence-electron chi connectivity index (χ3n) is 2.32. The van der Waals surface area contributed by atoms with Crippen LogP contribution in [-0.2, 0) is 6.61 Å². The summed E-state index contributed by atoms with van der Waals surface area (Å²) in [7, 11) is 0. The van der Waals surface area contributed by atoms with Crippen LogP contribution >= 0.6 is 11.6 Å². The highest BCUT2D eigenvalue weighted by Crippen LogP contribution is 2.21. The molecule has 2 aromatic rings. The molecule has 17 heavy (non-hydrogen) atoms. The molecule has 4 heteroatoms. The topological polar surface area (TPSA) is 35.2 Å². The van der Waals surface area contributed by atoms with Crippen molar-refractivity contribution >= 4 is 17.3 Å². The number of ether oxygens (including phenoxy) is 1. The summed E-state index contributed by atoms with van der Waals surface area (Å²) >= 11 is 5.84. The average Bonchev–Trinajstić information content (AvgIpc) is 2.32. The minimum Gasteiger partial charge on any atom is -0.486 e. The normalized spacial score (nSPS) is 10.2. The molecule has 88 valence electrons. The highest BCUT2D eigenvalue weighted by Gasteiger charge is 2.04. The van der Waals surface area contributed by atoms with Gasteiger partial charge >= 0.3 is 0 Å². The van der Waals surface area contributed by atoms with Crippen molar-refractivity contribution in [3.63, 3.8) is 0 Å². The molecule has 0 bridgehead atoms. The fourth-order valence-electron chi connectivity index (χ4n) is 1.42. The minimum atomic E-state index is -0.395. The zero-order valence-corrected chi connectivity index (χ0v) is 9.75. The van der Waals surface area contributed by atoms with Gasteiger partial charge in [-0.25, -0.2) is 4.39 Å². The molecular weight excluding hydrogens is 241 g/mol. The van der Waals surface area contributed by atoms with Gasteiger partial charge in [-0.15, -0.1) is 0 Å². The van der Waals surface area contributed by atoms with Gasteiger partial charge in [0.05, 0.1) is 0 Å². The lowest BCUT2D eigenvalue weighted by molar-refractivity contribution is 0.291. The number of para-hydroxylation sites is 1. The van der Waals surface area contributed by atoms with Crippen LogP contribution in [0.1, 0.15) is 5.56 Å². The van der Waals surface area contributed by atoms with Crippen LogP contribution in [0.25, 0.3) is 0 Å². The summed E-state index contributed by atoms with van der Waals surface area (Å²) in [5, 5.41) is 0.575. The van der Waals surface area contributed by atoms with Crippen LogP contribution in [0.3, 0.4) is 0 Å². The Kier molecular flexibility index (Phi) is 3.49. The molecule has 0 radical (unpaired) electrons. The fourth-order valence-corrected chi connectivity index (χ4v) is 1.61. The standard InChI is InChI=1S/C13H11ClFNO/c14-10-5-6-12(16)9(7-10)8-17-13-4-2-1-3-11(13)15/h1-7H,8,16H2. The summed E-state index contributed by atoms with van der Waals surface area (Å²) in [5.74, 6) is -0.194. The van der Waals surface area contributed by atoms with E-state index in [1.807, 2.05) is 0 Å². The number of nitrogen functional groups attached to an aromatic ring is 1. The molecule has 0 atom stereocenters. The second kappa shape index (κ2) is 5.06. The van der Waals surface area contributed by atoms with E-state index in [0.717, 1.165) is 5.56 Å². The van der Waals surface area contributed by atoms with Crippen molar-refractivity contribution in [1.82, 2.24) is 0 Å². The number of hydrogen-bond acceptors (Lipinski definition) is 2. The number of benzene rings is 2. The van der Waals surface area contributed by atoms with Gasteiger partial charge in [-0.05, 0) is 30.3 Å². The molecule has 0 heterocycles. The van der Waals surface area contributed by atoms with E-state index in [1.54, 1.807) is 36.4 Å². The number of anilines is 1. The number of rotatable bonds is 3. The number of nitrogens with two attached hydrogens (primary N) is 1. The average molecular weight is 252 g/mol. The molecule has 0 unspecified atom stereocenters. The highest BCUT2D eigenvalue weighted by molar-refractivity contribution is 6.30. The first kappa shape index (κ1) is 11.7. The van der Waals surface area contributed by atoms with Crippen LogP contribution < -0.4 is 10.5 Å². The zero-order chi connectivity index (χ0) is 12.3. The van der Waals surface area contributed by atoms with Crippen molar-refractivity contribution in [2.45, 2.75) is 6.61 Å². The van der Waals surface area contributed by atoms with Crippen LogP contribution in [0, 0.1) is 5.82 Å². The molecule has 0 aliphatic carbocycles. The molecule has 0 aliphatic heterocycles. The molecule has 0 amide bonds. The fraction of sp³-hybridized carbons (Fsp3) is 0.0769. The molecule has 0 fully saturated rings. The third kappa shape index (κ3) is 2.88. The Morgan fingerprint density at radius 1 is 1.18 bits per heavy atom. The molecule has 2 aromatic carbocycles. The summed E-state index contributed by atoms with van der Waals surface area (Å²) in [6.45, 7) is 0.188. The second-order valence-corrected chi connectivity index (χ2v) is 4.00. The third-order valence-corrected chi connectivity index (χ3v) is 2.56. The van der Waals surface area contributed by atoms with Crippen LogP contribution in [0.15, 0.2) is 42.5 Å². The molecule has 0 spiro atoms. The Labute approximate surface area is 104 Å². The Morgan fingerprint density at radius 3 is 2.71 bits per heavy atom. The van der Waals surface area contributed by atoms with E-state index in [0.29, 0.717) is 10.7 Å². The van der Waals surface area contributed by atoms with Gasteiger partial charge in [0, 0.05) is 16.3 Å². The lowest BCUT2D eigenvalue weighted by Crippen LogP contribution is -2.01. The summed E-state index contributed by atoms with van der Waals surface area (Å²) in [6, 6.07) is 11.3. The maximum Gasteiger partial charge on any atom is 0.165 e. The van der Waals surface area contributed by atoms with Gasteiger partial charge < -0.3 is 10.5 Å². The SMILES string of the molecule is Nc1ccc(Cl)cc1COc1ccccc1F. The quantitative estimate of drug-likeness (QED) is 0.846. The second-order valence-electron chi connectivity index (χ2n) is 3.56. The smallest absolute Gasteiger partial charge is 0.165 e. The van der Waals surface area contributed by atoms with Gasteiger partial charge in [0.2, 0.25) is 0 Å². The number of hydrogen-bond donors (Lipinski definition) is 1. The van der Waals surface area contributed by atoms with E-state index in [1.165, 1.54) is 6.07 Å². The molecule has 0 saturated carbocycles. The van der Waals surface area contributed by atoms with Crippen LogP contribution in [0.5, 0.6) is 5.75 Å². The molecule has 2 nitrogen and oxygen atoms in total. The van der Waals surface area contributed by atoms with Crippen molar-refractivity contribution in [2.24, 2.45) is 0 Å². The van der Waals surface area contributed by atoms with Gasteiger partial charge in [-0.2, -0.15) is 0 Å². The monoisotopic (exact) mass is 251 g/mol. The van der Waals surface area contributed by atoms with E-state index < -0.39 is 5.82 Å². The first-order chi connectivity index (χ1) is 8.16. The molecule has 0 saturated heterocycles.